The van der Waals surface area contributed by atoms with Crippen molar-refractivity contribution in [1.29, 1.82) is 0 Å². The van der Waals surface area contributed by atoms with Crippen LogP contribution in [-0.2, 0) is 13.1 Å². The van der Waals surface area contributed by atoms with Crippen LogP contribution in [-0.4, -0.2) is 48.2 Å². The van der Waals surface area contributed by atoms with Crippen LogP contribution in [0.15, 0.2) is 41.1 Å². The summed E-state index contributed by atoms with van der Waals surface area (Å²) in [5.74, 6) is -2.12. The Bertz CT molecular complexity index is 1320. The predicted octanol–water partition coefficient (Wildman–Crippen LogP) is 4.64. The Hall–Kier alpha value is -3.67. The van der Waals surface area contributed by atoms with E-state index in [0.29, 0.717) is 23.4 Å². The van der Waals surface area contributed by atoms with Gasteiger partial charge in [-0.3, -0.25) is 9.88 Å². The SMILES string of the molecule is Fc1cc(-c2cn(Cc3ncc(-c4nnc(C(F)F)o4)cc3F)nn2)ccc1CN1CCCCC1. The lowest BCUT2D eigenvalue weighted by atomic mass is 10.1. The first-order valence-corrected chi connectivity index (χ1v) is 11.1. The average Bonchev–Trinajstić information content (AvgIpc) is 3.53. The molecule has 0 atom stereocenters. The van der Waals surface area contributed by atoms with Crippen LogP contribution >= 0.6 is 0 Å². The van der Waals surface area contributed by atoms with Crippen LogP contribution in [0.1, 0.15) is 42.8 Å². The molecule has 0 N–H and O–H groups in total. The summed E-state index contributed by atoms with van der Waals surface area (Å²) in [6, 6.07) is 6.05. The van der Waals surface area contributed by atoms with Gasteiger partial charge >= 0.3 is 6.43 Å². The van der Waals surface area contributed by atoms with Gasteiger partial charge in [-0.05, 0) is 38.1 Å². The zero-order chi connectivity index (χ0) is 24.4. The van der Waals surface area contributed by atoms with Gasteiger partial charge in [-0.15, -0.1) is 15.3 Å². The first kappa shape index (κ1) is 23.1. The Morgan fingerprint density at radius 3 is 2.43 bits per heavy atom. The Morgan fingerprint density at radius 2 is 1.71 bits per heavy atom. The number of likely N-dealkylation sites (tertiary alicyclic amines) is 1. The van der Waals surface area contributed by atoms with Gasteiger partial charge in [-0.1, -0.05) is 23.8 Å². The number of piperidine rings is 1. The molecule has 1 saturated heterocycles. The van der Waals surface area contributed by atoms with Crippen molar-refractivity contribution in [3.05, 3.63) is 65.4 Å². The van der Waals surface area contributed by atoms with Crippen molar-refractivity contribution in [3.8, 4) is 22.7 Å². The van der Waals surface area contributed by atoms with Crippen LogP contribution in [0.25, 0.3) is 22.7 Å². The molecule has 1 aliphatic heterocycles. The number of pyridine rings is 1. The monoisotopic (exact) mass is 487 g/mol. The summed E-state index contributed by atoms with van der Waals surface area (Å²) < 4.78 is 60.7. The average molecular weight is 487 g/mol. The van der Waals surface area contributed by atoms with Crippen molar-refractivity contribution < 1.29 is 22.0 Å². The third-order valence-corrected chi connectivity index (χ3v) is 5.83. The largest absolute Gasteiger partial charge is 0.415 e. The third kappa shape index (κ3) is 5.21. The number of hydrogen-bond acceptors (Lipinski definition) is 7. The van der Waals surface area contributed by atoms with Crippen LogP contribution in [0.5, 0.6) is 0 Å². The van der Waals surface area contributed by atoms with Crippen molar-refractivity contribution in [1.82, 2.24) is 35.1 Å². The summed E-state index contributed by atoms with van der Waals surface area (Å²) in [7, 11) is 0. The minimum absolute atomic E-state index is 0.0409. The van der Waals surface area contributed by atoms with Crippen LogP contribution < -0.4 is 0 Å². The first-order chi connectivity index (χ1) is 17.0. The summed E-state index contributed by atoms with van der Waals surface area (Å²) in [5, 5.41) is 14.7. The highest BCUT2D eigenvalue weighted by Gasteiger charge is 2.19. The second-order valence-corrected chi connectivity index (χ2v) is 8.34. The van der Waals surface area contributed by atoms with Crippen molar-refractivity contribution in [2.24, 2.45) is 0 Å². The number of alkyl halides is 2. The van der Waals surface area contributed by atoms with E-state index in [9.17, 15) is 17.6 Å². The van der Waals surface area contributed by atoms with E-state index in [4.69, 9.17) is 4.42 Å². The molecule has 1 fully saturated rings. The number of rotatable bonds is 7. The van der Waals surface area contributed by atoms with Gasteiger partial charge in [0, 0.05) is 23.9 Å². The molecule has 4 heterocycles. The molecule has 35 heavy (non-hydrogen) atoms. The summed E-state index contributed by atoms with van der Waals surface area (Å²) >= 11 is 0. The minimum atomic E-state index is -2.92. The predicted molar refractivity (Wildman–Crippen MR) is 116 cm³/mol. The maximum Gasteiger partial charge on any atom is 0.314 e. The Balaban J connectivity index is 1.27. The van der Waals surface area contributed by atoms with E-state index >= 15 is 0 Å². The molecule has 0 saturated carbocycles. The maximum atomic E-state index is 14.7. The van der Waals surface area contributed by atoms with E-state index in [1.54, 1.807) is 18.3 Å². The fourth-order valence-corrected chi connectivity index (χ4v) is 3.99. The summed E-state index contributed by atoms with van der Waals surface area (Å²) in [5.41, 5.74) is 1.75. The number of benzene rings is 1. The van der Waals surface area contributed by atoms with Gasteiger partial charge in [-0.2, -0.15) is 8.78 Å². The topological polar surface area (TPSA) is 85.8 Å². The van der Waals surface area contributed by atoms with Crippen molar-refractivity contribution in [2.75, 3.05) is 13.1 Å². The second-order valence-electron chi connectivity index (χ2n) is 8.34. The summed E-state index contributed by atoms with van der Waals surface area (Å²) in [6.45, 7) is 2.49. The lowest BCUT2D eigenvalue weighted by molar-refractivity contribution is 0.116. The molecule has 0 amide bonds. The van der Waals surface area contributed by atoms with Crippen LogP contribution in [0.4, 0.5) is 17.6 Å². The number of halogens is 4. The molecule has 0 bridgehead atoms. The molecule has 1 aliphatic rings. The van der Waals surface area contributed by atoms with E-state index in [1.165, 1.54) is 23.4 Å². The molecule has 0 aliphatic carbocycles. The Labute approximate surface area is 197 Å². The Morgan fingerprint density at radius 1 is 0.914 bits per heavy atom. The highest BCUT2D eigenvalue weighted by atomic mass is 19.3. The van der Waals surface area contributed by atoms with Crippen molar-refractivity contribution in [2.45, 2.75) is 38.8 Å². The maximum absolute atomic E-state index is 14.7. The molecule has 182 valence electrons. The normalized spacial score (nSPS) is 14.7. The molecular formula is C23H21F4N7O. The van der Waals surface area contributed by atoms with Crippen LogP contribution in [0, 0.1) is 11.6 Å². The standard InChI is InChI=1S/C23H21F4N7O/c24-17-8-14(4-5-15(17)11-33-6-2-1-3-7-33)19-12-34(32-29-19)13-20-18(25)9-16(10-28-20)22-30-31-23(35-22)21(26)27/h4-5,8-10,12,21H,1-3,6-7,11,13H2. The van der Waals surface area contributed by atoms with Gasteiger partial charge in [0.1, 0.15) is 17.3 Å². The molecule has 0 radical (unpaired) electrons. The van der Waals surface area contributed by atoms with Crippen LogP contribution in [0.2, 0.25) is 0 Å². The highest BCUT2D eigenvalue weighted by molar-refractivity contribution is 5.58. The molecule has 5 rings (SSSR count). The smallest absolute Gasteiger partial charge is 0.314 e. The van der Waals surface area contributed by atoms with Gasteiger partial charge in [0.25, 0.3) is 5.89 Å². The quantitative estimate of drug-likeness (QED) is 0.351. The van der Waals surface area contributed by atoms with Crippen LogP contribution in [0.3, 0.4) is 0 Å². The van der Waals surface area contributed by atoms with E-state index in [-0.39, 0.29) is 29.5 Å². The molecule has 4 aromatic rings. The Kier molecular flexibility index (Phi) is 6.53. The molecular weight excluding hydrogens is 466 g/mol. The fourth-order valence-electron chi connectivity index (χ4n) is 3.99. The van der Waals surface area contributed by atoms with Gasteiger partial charge in [-0.25, -0.2) is 13.5 Å². The first-order valence-electron chi connectivity index (χ1n) is 11.1. The zero-order valence-corrected chi connectivity index (χ0v) is 18.5. The molecule has 3 aromatic heterocycles. The second kappa shape index (κ2) is 9.90. The lowest BCUT2D eigenvalue weighted by Crippen LogP contribution is -2.29. The van der Waals surface area contributed by atoms with Gasteiger partial charge < -0.3 is 4.42 Å². The van der Waals surface area contributed by atoms with E-state index in [0.717, 1.165) is 32.0 Å². The third-order valence-electron chi connectivity index (χ3n) is 5.83. The van der Waals surface area contributed by atoms with Gasteiger partial charge in [0.05, 0.1) is 24.0 Å². The number of nitrogens with zero attached hydrogens (tertiary/aromatic N) is 7. The molecule has 8 nitrogen and oxygen atoms in total. The van der Waals surface area contributed by atoms with E-state index in [1.807, 2.05) is 0 Å². The van der Waals surface area contributed by atoms with E-state index in [2.05, 4.69) is 30.4 Å². The van der Waals surface area contributed by atoms with Crippen molar-refractivity contribution in [3.63, 3.8) is 0 Å². The fraction of sp³-hybridized carbons (Fsp3) is 0.348. The molecule has 1 aromatic carbocycles. The van der Waals surface area contributed by atoms with Gasteiger partial charge in [0.15, 0.2) is 0 Å². The minimum Gasteiger partial charge on any atom is -0.415 e. The number of hydrogen-bond donors (Lipinski definition) is 0. The van der Waals surface area contributed by atoms with Gasteiger partial charge in [0.2, 0.25) is 5.89 Å². The zero-order valence-electron chi connectivity index (χ0n) is 18.5. The van der Waals surface area contributed by atoms with E-state index < -0.39 is 18.1 Å². The van der Waals surface area contributed by atoms with Crippen molar-refractivity contribution >= 4 is 0 Å². The summed E-state index contributed by atoms with van der Waals surface area (Å²) in [4.78, 5) is 6.27. The summed E-state index contributed by atoms with van der Waals surface area (Å²) in [6.07, 6.45) is 3.39. The number of aromatic nitrogens is 6. The molecule has 0 spiro atoms. The molecule has 0 unspecified atom stereocenters. The molecule has 12 heteroatoms. The highest BCUT2D eigenvalue weighted by Crippen LogP contribution is 2.25. The lowest BCUT2D eigenvalue weighted by Gasteiger charge is -2.26.